The summed E-state index contributed by atoms with van der Waals surface area (Å²) >= 11 is 0. The van der Waals surface area contributed by atoms with E-state index in [1.54, 1.807) is 17.2 Å². The third-order valence-corrected chi connectivity index (χ3v) is 6.04. The van der Waals surface area contributed by atoms with Crippen LogP contribution in [0.4, 0.5) is 18.9 Å². The first-order valence-corrected chi connectivity index (χ1v) is 10.7. The van der Waals surface area contributed by atoms with Gasteiger partial charge in [-0.15, -0.1) is 0 Å². The predicted molar refractivity (Wildman–Crippen MR) is 119 cm³/mol. The van der Waals surface area contributed by atoms with Gasteiger partial charge in [0.25, 0.3) is 5.91 Å². The number of nitrogens with zero attached hydrogens (tertiary/aromatic N) is 3. The van der Waals surface area contributed by atoms with E-state index in [4.69, 9.17) is 0 Å². The van der Waals surface area contributed by atoms with Crippen LogP contribution in [0.15, 0.2) is 48.8 Å². The number of nitrogens with one attached hydrogen (secondary N) is 2. The molecule has 0 radical (unpaired) electrons. The Balaban J connectivity index is 1.28. The zero-order chi connectivity index (χ0) is 24.0. The molecule has 1 aliphatic rings. The smallest absolute Gasteiger partial charge is 0.270 e. The number of carbonyl (C=O) groups is 2. The number of rotatable bonds is 4. The molecule has 4 aromatic rings. The Hall–Kier alpha value is -4.08. The van der Waals surface area contributed by atoms with Crippen LogP contribution in [0.3, 0.4) is 0 Å². The van der Waals surface area contributed by atoms with E-state index in [-0.39, 0.29) is 18.1 Å². The van der Waals surface area contributed by atoms with Crippen LogP contribution in [0.1, 0.15) is 16.9 Å². The molecule has 174 valence electrons. The number of hydrogen-bond donors (Lipinski definition) is 2. The molecule has 1 aromatic carbocycles. The van der Waals surface area contributed by atoms with E-state index in [0.717, 1.165) is 34.4 Å². The van der Waals surface area contributed by atoms with E-state index in [1.165, 1.54) is 0 Å². The van der Waals surface area contributed by atoms with Crippen LogP contribution in [-0.4, -0.2) is 44.3 Å². The average Bonchev–Trinajstić information content (AvgIpc) is 3.56. The number of aromatic amines is 1. The number of hydrogen-bond acceptors (Lipinski definition) is 3. The number of anilines is 1. The van der Waals surface area contributed by atoms with Crippen molar-refractivity contribution >= 4 is 28.5 Å². The second-order valence-electron chi connectivity index (χ2n) is 8.29. The minimum atomic E-state index is -1.60. The summed E-state index contributed by atoms with van der Waals surface area (Å²) in [5.74, 6) is -5.67. The van der Waals surface area contributed by atoms with Crippen LogP contribution in [0, 0.1) is 23.4 Å². The van der Waals surface area contributed by atoms with E-state index >= 15 is 0 Å². The first-order valence-electron chi connectivity index (χ1n) is 10.7. The topological polar surface area (TPSA) is 83.0 Å². The second kappa shape index (κ2) is 8.36. The Morgan fingerprint density at radius 3 is 2.68 bits per heavy atom. The number of fused-ring (bicyclic) bond motifs is 1. The van der Waals surface area contributed by atoms with Gasteiger partial charge in [0, 0.05) is 67.0 Å². The molecule has 0 spiro atoms. The molecule has 3 aromatic heterocycles. The largest absolute Gasteiger partial charge is 0.350 e. The molecule has 1 atom stereocenters. The summed E-state index contributed by atoms with van der Waals surface area (Å²) in [6.45, 7) is 0.513. The molecule has 0 bridgehead atoms. The van der Waals surface area contributed by atoms with Gasteiger partial charge in [0.2, 0.25) is 5.91 Å². The van der Waals surface area contributed by atoms with E-state index in [1.807, 2.05) is 36.0 Å². The predicted octanol–water partition coefficient (Wildman–Crippen LogP) is 4.09. The van der Waals surface area contributed by atoms with Crippen LogP contribution in [0.25, 0.3) is 22.3 Å². The maximum atomic E-state index is 13.4. The van der Waals surface area contributed by atoms with Gasteiger partial charge in [-0.25, -0.2) is 18.2 Å². The van der Waals surface area contributed by atoms with E-state index in [0.29, 0.717) is 18.7 Å². The highest BCUT2D eigenvalue weighted by atomic mass is 19.2. The number of carbonyl (C=O) groups excluding carboxylic acids is 2. The molecule has 34 heavy (non-hydrogen) atoms. The lowest BCUT2D eigenvalue weighted by atomic mass is 10.1. The van der Waals surface area contributed by atoms with Crippen molar-refractivity contribution in [1.29, 1.82) is 0 Å². The summed E-state index contributed by atoms with van der Waals surface area (Å²) in [6.07, 6.45) is 4.06. The zero-order valence-corrected chi connectivity index (χ0v) is 18.1. The Morgan fingerprint density at radius 2 is 1.91 bits per heavy atom. The van der Waals surface area contributed by atoms with E-state index < -0.39 is 29.3 Å². The highest BCUT2D eigenvalue weighted by Crippen LogP contribution is 2.29. The Morgan fingerprint density at radius 1 is 1.15 bits per heavy atom. The van der Waals surface area contributed by atoms with E-state index in [9.17, 15) is 22.8 Å². The van der Waals surface area contributed by atoms with Gasteiger partial charge < -0.3 is 19.8 Å². The van der Waals surface area contributed by atoms with E-state index in [2.05, 4.69) is 15.3 Å². The second-order valence-corrected chi connectivity index (χ2v) is 8.29. The molecule has 5 rings (SSSR count). The number of aromatic nitrogens is 3. The molecule has 4 heterocycles. The zero-order valence-electron chi connectivity index (χ0n) is 18.1. The fraction of sp³-hybridized carbons (Fsp3) is 0.208. The van der Waals surface area contributed by atoms with Crippen LogP contribution in [0.5, 0.6) is 0 Å². The number of pyridine rings is 1. The van der Waals surface area contributed by atoms with Crippen LogP contribution in [-0.2, 0) is 11.8 Å². The van der Waals surface area contributed by atoms with Gasteiger partial charge in [0.1, 0.15) is 11.3 Å². The molecule has 1 aliphatic heterocycles. The SMILES string of the molecule is Cn1cc(-c2ccc(C(=O)N3CC[C@H](C(=O)Nc4cc(F)c(F)c(F)c4)C3)[nH]2)c2cccnc21. The summed E-state index contributed by atoms with van der Waals surface area (Å²) in [7, 11) is 1.90. The fourth-order valence-electron chi connectivity index (χ4n) is 4.31. The fourth-order valence-corrected chi connectivity index (χ4v) is 4.31. The van der Waals surface area contributed by atoms with Crippen molar-refractivity contribution in [1.82, 2.24) is 19.4 Å². The molecule has 0 saturated carbocycles. The lowest BCUT2D eigenvalue weighted by Gasteiger charge is -2.16. The highest BCUT2D eigenvalue weighted by molar-refractivity contribution is 5.98. The average molecular weight is 467 g/mol. The highest BCUT2D eigenvalue weighted by Gasteiger charge is 2.32. The normalized spacial score (nSPS) is 15.8. The third kappa shape index (κ3) is 3.81. The molecule has 1 saturated heterocycles. The number of amides is 2. The van der Waals surface area contributed by atoms with Gasteiger partial charge >= 0.3 is 0 Å². The van der Waals surface area contributed by atoms with Gasteiger partial charge in [0.05, 0.1) is 5.92 Å². The molecule has 10 heteroatoms. The van der Waals surface area contributed by atoms with Crippen molar-refractivity contribution in [3.05, 3.63) is 71.9 Å². The first-order chi connectivity index (χ1) is 16.3. The molecular formula is C24H20F3N5O2. The van der Waals surface area contributed by atoms with Gasteiger partial charge in [-0.1, -0.05) is 0 Å². The molecule has 0 unspecified atom stereocenters. The molecule has 2 amide bonds. The summed E-state index contributed by atoms with van der Waals surface area (Å²) in [5, 5.41) is 3.35. The van der Waals surface area contributed by atoms with Crippen molar-refractivity contribution in [3.63, 3.8) is 0 Å². The Bertz CT molecular complexity index is 1400. The molecular weight excluding hydrogens is 447 g/mol. The standard InChI is InChI=1S/C24H20F3N5O2/c1-31-12-16(15-3-2-7-28-22(15)31)19-4-5-20(30-19)24(34)32-8-6-13(11-32)23(33)29-14-9-17(25)21(27)18(26)10-14/h2-5,7,9-10,12-13,30H,6,8,11H2,1H3,(H,29,33)/t13-/m0/s1. The molecule has 1 fully saturated rings. The quantitative estimate of drug-likeness (QED) is 0.444. The van der Waals surface area contributed by atoms with Crippen molar-refractivity contribution < 1.29 is 22.8 Å². The van der Waals surface area contributed by atoms with Gasteiger partial charge in [-0.2, -0.15) is 0 Å². The number of halogens is 3. The summed E-state index contributed by atoms with van der Waals surface area (Å²) < 4.78 is 41.9. The summed E-state index contributed by atoms with van der Waals surface area (Å²) in [5.41, 5.74) is 2.73. The van der Waals surface area contributed by atoms with Gasteiger partial charge in [0.15, 0.2) is 17.5 Å². The maximum Gasteiger partial charge on any atom is 0.270 e. The minimum Gasteiger partial charge on any atom is -0.350 e. The number of H-pyrrole nitrogens is 1. The number of likely N-dealkylation sites (tertiary alicyclic amines) is 1. The Labute approximate surface area is 192 Å². The Kier molecular flexibility index (Phi) is 5.35. The summed E-state index contributed by atoms with van der Waals surface area (Å²) in [4.78, 5) is 34.6. The maximum absolute atomic E-state index is 13.4. The molecule has 0 aliphatic carbocycles. The molecule has 2 N–H and O–H groups in total. The lowest BCUT2D eigenvalue weighted by molar-refractivity contribution is -0.119. The van der Waals surface area contributed by atoms with Crippen LogP contribution in [0.2, 0.25) is 0 Å². The van der Waals surface area contributed by atoms with Crippen LogP contribution >= 0.6 is 0 Å². The van der Waals surface area contributed by atoms with Gasteiger partial charge in [-0.05, 0) is 30.7 Å². The van der Waals surface area contributed by atoms with Gasteiger partial charge in [-0.3, -0.25) is 9.59 Å². The van der Waals surface area contributed by atoms with Crippen LogP contribution < -0.4 is 5.32 Å². The van der Waals surface area contributed by atoms with Crippen molar-refractivity contribution in [2.75, 3.05) is 18.4 Å². The summed E-state index contributed by atoms with van der Waals surface area (Å²) in [6, 6.07) is 8.78. The van der Waals surface area contributed by atoms with Crippen molar-refractivity contribution in [2.24, 2.45) is 13.0 Å². The number of benzene rings is 1. The molecule has 7 nitrogen and oxygen atoms in total. The number of aryl methyl sites for hydroxylation is 1. The van der Waals surface area contributed by atoms with Crippen molar-refractivity contribution in [3.8, 4) is 11.3 Å². The first kappa shape index (κ1) is 21.7. The third-order valence-electron chi connectivity index (χ3n) is 6.04. The lowest BCUT2D eigenvalue weighted by Crippen LogP contribution is -2.31. The minimum absolute atomic E-state index is 0.156. The van der Waals surface area contributed by atoms with Crippen molar-refractivity contribution in [2.45, 2.75) is 6.42 Å². The monoisotopic (exact) mass is 467 g/mol.